The number of amides is 1. The molecule has 2 aromatic carbocycles. The SMILES string of the molecule is CCC(CC)CN(C)C(C)C(NC(=O)c1c(Cl)cccc1OC)c1ccccc1. The van der Waals surface area contributed by atoms with Crippen LogP contribution in [0.3, 0.4) is 0 Å². The molecule has 29 heavy (non-hydrogen) atoms. The molecule has 0 heterocycles. The molecule has 2 rings (SSSR count). The largest absolute Gasteiger partial charge is 0.496 e. The summed E-state index contributed by atoms with van der Waals surface area (Å²) in [4.78, 5) is 15.5. The molecular weight excluding hydrogens is 384 g/mol. The molecule has 0 aliphatic carbocycles. The molecule has 0 aliphatic heterocycles. The van der Waals surface area contributed by atoms with E-state index >= 15 is 0 Å². The van der Waals surface area contributed by atoms with Crippen molar-refractivity contribution in [3.05, 3.63) is 64.7 Å². The lowest BCUT2D eigenvalue weighted by Crippen LogP contribution is -2.44. The monoisotopic (exact) mass is 416 g/mol. The summed E-state index contributed by atoms with van der Waals surface area (Å²) in [6.07, 6.45) is 2.29. The molecule has 5 heteroatoms. The van der Waals surface area contributed by atoms with Gasteiger partial charge in [0.15, 0.2) is 0 Å². The second-order valence-corrected chi connectivity index (χ2v) is 7.95. The predicted octanol–water partition coefficient (Wildman–Crippen LogP) is 5.58. The van der Waals surface area contributed by atoms with E-state index in [1.54, 1.807) is 25.3 Å². The molecule has 0 spiro atoms. The summed E-state index contributed by atoms with van der Waals surface area (Å²) in [5.41, 5.74) is 1.43. The zero-order valence-corrected chi connectivity index (χ0v) is 18.9. The summed E-state index contributed by atoms with van der Waals surface area (Å²) in [7, 11) is 3.67. The quantitative estimate of drug-likeness (QED) is 0.550. The number of hydrogen-bond donors (Lipinski definition) is 1. The van der Waals surface area contributed by atoms with E-state index in [0.717, 1.165) is 24.9 Å². The number of nitrogens with zero attached hydrogens (tertiary/aromatic N) is 1. The highest BCUT2D eigenvalue weighted by atomic mass is 35.5. The van der Waals surface area contributed by atoms with Crippen LogP contribution in [0, 0.1) is 5.92 Å². The van der Waals surface area contributed by atoms with Crippen LogP contribution in [0.5, 0.6) is 5.75 Å². The lowest BCUT2D eigenvalue weighted by molar-refractivity contribution is 0.0895. The first-order chi connectivity index (χ1) is 13.9. The van der Waals surface area contributed by atoms with Crippen LogP contribution in [0.15, 0.2) is 48.5 Å². The Bertz CT molecular complexity index is 778. The molecule has 2 aromatic rings. The number of halogens is 1. The zero-order chi connectivity index (χ0) is 21.4. The fourth-order valence-corrected chi connectivity index (χ4v) is 3.88. The molecule has 1 N–H and O–H groups in total. The van der Waals surface area contributed by atoms with Crippen molar-refractivity contribution in [1.29, 1.82) is 0 Å². The van der Waals surface area contributed by atoms with Crippen LogP contribution < -0.4 is 10.1 Å². The van der Waals surface area contributed by atoms with E-state index in [2.05, 4.69) is 50.2 Å². The third kappa shape index (κ3) is 5.97. The number of ether oxygens (including phenoxy) is 1. The van der Waals surface area contributed by atoms with E-state index in [4.69, 9.17) is 16.3 Å². The number of rotatable bonds is 10. The number of nitrogens with one attached hydrogen (secondary N) is 1. The van der Waals surface area contributed by atoms with E-state index in [1.165, 1.54) is 0 Å². The third-order valence-corrected chi connectivity index (χ3v) is 6.06. The van der Waals surface area contributed by atoms with Crippen molar-refractivity contribution in [2.24, 2.45) is 5.92 Å². The van der Waals surface area contributed by atoms with Gasteiger partial charge in [0.05, 0.1) is 23.7 Å². The van der Waals surface area contributed by atoms with Gasteiger partial charge >= 0.3 is 0 Å². The average Bonchev–Trinajstić information content (AvgIpc) is 2.75. The number of likely N-dealkylation sites (N-methyl/N-ethyl adjacent to an activating group) is 1. The number of carbonyl (C=O) groups is 1. The maximum absolute atomic E-state index is 13.2. The van der Waals surface area contributed by atoms with Crippen LogP contribution >= 0.6 is 11.6 Å². The Hall–Kier alpha value is -2.04. The fraction of sp³-hybridized carbons (Fsp3) is 0.458. The van der Waals surface area contributed by atoms with Crippen molar-refractivity contribution in [3.8, 4) is 5.75 Å². The van der Waals surface area contributed by atoms with Crippen LogP contribution in [0.4, 0.5) is 0 Å². The smallest absolute Gasteiger partial charge is 0.257 e. The van der Waals surface area contributed by atoms with Crippen molar-refractivity contribution in [1.82, 2.24) is 10.2 Å². The molecule has 2 unspecified atom stereocenters. The van der Waals surface area contributed by atoms with Gasteiger partial charge in [0.2, 0.25) is 0 Å². The van der Waals surface area contributed by atoms with Gasteiger partial charge in [-0.1, -0.05) is 74.7 Å². The molecular formula is C24H33ClN2O2. The molecule has 0 saturated carbocycles. The topological polar surface area (TPSA) is 41.6 Å². The summed E-state index contributed by atoms with van der Waals surface area (Å²) in [6.45, 7) is 7.60. The molecule has 158 valence electrons. The number of hydrogen-bond acceptors (Lipinski definition) is 3. The first kappa shape index (κ1) is 23.2. The van der Waals surface area contributed by atoms with Gasteiger partial charge in [-0.25, -0.2) is 0 Å². The molecule has 0 radical (unpaired) electrons. The Morgan fingerprint density at radius 3 is 2.34 bits per heavy atom. The van der Waals surface area contributed by atoms with Crippen molar-refractivity contribution >= 4 is 17.5 Å². The van der Waals surface area contributed by atoms with Crippen molar-refractivity contribution in [2.75, 3.05) is 20.7 Å². The molecule has 0 fully saturated rings. The van der Waals surface area contributed by atoms with Gasteiger partial charge in [0.25, 0.3) is 5.91 Å². The minimum atomic E-state index is -0.232. The standard InChI is InChI=1S/C24H33ClN2O2/c1-6-18(7-2)16-27(4)17(3)23(19-12-9-8-10-13-19)26-24(28)22-20(25)14-11-15-21(22)29-5/h8-15,17-18,23H,6-7,16H2,1-5H3,(H,26,28). The highest BCUT2D eigenvalue weighted by molar-refractivity contribution is 6.34. The second-order valence-electron chi connectivity index (χ2n) is 7.54. The molecule has 0 aliphatic rings. The van der Waals surface area contributed by atoms with Gasteiger partial charge in [-0.3, -0.25) is 4.79 Å². The maximum atomic E-state index is 13.2. The summed E-state index contributed by atoms with van der Waals surface area (Å²) in [5, 5.41) is 3.59. The Kier molecular flexibility index (Phi) is 8.99. The van der Waals surface area contributed by atoms with E-state index in [0.29, 0.717) is 22.3 Å². The van der Waals surface area contributed by atoms with Gasteiger partial charge in [0, 0.05) is 12.6 Å². The van der Waals surface area contributed by atoms with Gasteiger partial charge < -0.3 is 15.0 Å². The summed E-state index contributed by atoms with van der Waals surface area (Å²) < 4.78 is 5.37. The minimum absolute atomic E-state index is 0.107. The Balaban J connectivity index is 2.31. The number of methoxy groups -OCH3 is 1. The van der Waals surface area contributed by atoms with E-state index in [-0.39, 0.29) is 18.0 Å². The predicted molar refractivity (Wildman–Crippen MR) is 121 cm³/mol. The van der Waals surface area contributed by atoms with Gasteiger partial charge in [-0.05, 0) is 37.6 Å². The van der Waals surface area contributed by atoms with Crippen LogP contribution in [0.25, 0.3) is 0 Å². The number of benzene rings is 2. The first-order valence-electron chi connectivity index (χ1n) is 10.3. The van der Waals surface area contributed by atoms with Crippen molar-refractivity contribution in [2.45, 2.75) is 45.7 Å². The zero-order valence-electron chi connectivity index (χ0n) is 18.1. The maximum Gasteiger partial charge on any atom is 0.257 e. The Labute approximate surface area is 180 Å². The summed E-state index contributed by atoms with van der Waals surface area (Å²) >= 11 is 6.33. The van der Waals surface area contributed by atoms with Crippen molar-refractivity contribution < 1.29 is 9.53 Å². The Morgan fingerprint density at radius 1 is 1.10 bits per heavy atom. The van der Waals surface area contributed by atoms with Crippen LogP contribution in [0.2, 0.25) is 5.02 Å². The summed E-state index contributed by atoms with van der Waals surface area (Å²) in [6, 6.07) is 15.2. The van der Waals surface area contributed by atoms with Gasteiger partial charge in [-0.2, -0.15) is 0 Å². The molecule has 0 bridgehead atoms. The summed E-state index contributed by atoms with van der Waals surface area (Å²) in [5.74, 6) is 0.877. The minimum Gasteiger partial charge on any atom is -0.496 e. The van der Waals surface area contributed by atoms with E-state index in [9.17, 15) is 4.79 Å². The van der Waals surface area contributed by atoms with Crippen LogP contribution in [-0.2, 0) is 0 Å². The lowest BCUT2D eigenvalue weighted by Gasteiger charge is -2.35. The lowest BCUT2D eigenvalue weighted by atomic mass is 9.96. The molecule has 1 amide bonds. The normalized spacial score (nSPS) is 13.4. The fourth-order valence-electron chi connectivity index (χ4n) is 3.63. The van der Waals surface area contributed by atoms with Gasteiger partial charge in [0.1, 0.15) is 5.75 Å². The third-order valence-electron chi connectivity index (χ3n) is 5.75. The molecule has 4 nitrogen and oxygen atoms in total. The first-order valence-corrected chi connectivity index (χ1v) is 10.7. The van der Waals surface area contributed by atoms with Crippen molar-refractivity contribution in [3.63, 3.8) is 0 Å². The van der Waals surface area contributed by atoms with E-state index in [1.807, 2.05) is 18.2 Å². The molecule has 0 aromatic heterocycles. The molecule has 2 atom stereocenters. The van der Waals surface area contributed by atoms with E-state index < -0.39 is 0 Å². The Morgan fingerprint density at radius 2 is 1.76 bits per heavy atom. The van der Waals surface area contributed by atoms with Crippen LogP contribution in [-0.4, -0.2) is 37.6 Å². The molecule has 0 saturated heterocycles. The average molecular weight is 417 g/mol. The highest BCUT2D eigenvalue weighted by Crippen LogP contribution is 2.28. The second kappa shape index (κ2) is 11.2. The van der Waals surface area contributed by atoms with Crippen LogP contribution in [0.1, 0.15) is 55.6 Å². The van der Waals surface area contributed by atoms with Gasteiger partial charge in [-0.15, -0.1) is 0 Å². The highest BCUT2D eigenvalue weighted by Gasteiger charge is 2.27. The number of carbonyl (C=O) groups excluding carboxylic acids is 1.